The molecule has 8 heteroatoms. The highest BCUT2D eigenvalue weighted by Gasteiger charge is 2.20. The largest absolute Gasteiger partial charge is 0.376 e. The second-order valence-electron chi connectivity index (χ2n) is 8.40. The molecule has 1 aliphatic heterocycles. The van der Waals surface area contributed by atoms with Crippen LogP contribution in [0.4, 0.5) is 22.9 Å². The number of thiophene rings is 1. The van der Waals surface area contributed by atoms with Crippen LogP contribution in [-0.2, 0) is 13.0 Å². The summed E-state index contributed by atoms with van der Waals surface area (Å²) in [6.07, 6.45) is 2.57. The lowest BCUT2D eigenvalue weighted by Crippen LogP contribution is -2.22. The molecule has 1 aliphatic rings. The second-order valence-corrected chi connectivity index (χ2v) is 9.49. The molecule has 0 unspecified atom stereocenters. The molecule has 168 valence electrons. The van der Waals surface area contributed by atoms with E-state index in [1.54, 1.807) is 17.7 Å². The lowest BCUT2D eigenvalue weighted by molar-refractivity contribution is 0.102. The molecule has 5 rings (SSSR count). The standard InChI is InChI=1S/C25H26N6OS/c1-15-4-6-16(7-5-15)24(32)30-19-12-17(8-9-20(19)31(2)3)29-23-22-18-10-11-26-13-21(18)33-25(22)28-14-27-23/h4-9,12,14,26H,10-11,13H2,1-3H3,(H,30,32)(H,27,28,29). The number of hydrogen-bond donors (Lipinski definition) is 3. The molecule has 4 aromatic rings. The van der Waals surface area contributed by atoms with Crippen molar-refractivity contribution in [1.29, 1.82) is 0 Å². The maximum atomic E-state index is 12.9. The van der Waals surface area contributed by atoms with Gasteiger partial charge in [0.05, 0.1) is 16.8 Å². The fourth-order valence-corrected chi connectivity index (χ4v) is 5.25. The van der Waals surface area contributed by atoms with Crippen molar-refractivity contribution in [3.63, 3.8) is 0 Å². The number of amides is 1. The number of anilines is 4. The third kappa shape index (κ3) is 4.27. The molecule has 0 fully saturated rings. The van der Waals surface area contributed by atoms with E-state index >= 15 is 0 Å². The Morgan fingerprint density at radius 1 is 1.12 bits per heavy atom. The number of carbonyl (C=O) groups excluding carboxylic acids is 1. The number of carbonyl (C=O) groups is 1. The number of aryl methyl sites for hydroxylation is 1. The van der Waals surface area contributed by atoms with Crippen molar-refractivity contribution in [3.8, 4) is 0 Å². The molecule has 0 atom stereocenters. The van der Waals surface area contributed by atoms with Crippen LogP contribution in [0.1, 0.15) is 26.4 Å². The van der Waals surface area contributed by atoms with Crippen LogP contribution in [0, 0.1) is 6.92 Å². The maximum absolute atomic E-state index is 12.9. The molecule has 3 heterocycles. The summed E-state index contributed by atoms with van der Waals surface area (Å²) in [5.41, 5.74) is 5.59. The molecule has 2 aromatic heterocycles. The number of rotatable bonds is 5. The Balaban J connectivity index is 1.48. The Labute approximate surface area is 196 Å². The first-order valence-electron chi connectivity index (χ1n) is 10.9. The van der Waals surface area contributed by atoms with Crippen LogP contribution in [0.15, 0.2) is 48.8 Å². The van der Waals surface area contributed by atoms with Crippen molar-refractivity contribution in [2.45, 2.75) is 19.9 Å². The summed E-state index contributed by atoms with van der Waals surface area (Å²) in [7, 11) is 3.92. The van der Waals surface area contributed by atoms with Crippen molar-refractivity contribution in [2.24, 2.45) is 0 Å². The number of nitrogens with zero attached hydrogens (tertiary/aromatic N) is 3. The number of nitrogens with one attached hydrogen (secondary N) is 3. The van der Waals surface area contributed by atoms with Gasteiger partial charge in [0.15, 0.2) is 0 Å². The zero-order chi connectivity index (χ0) is 22.9. The van der Waals surface area contributed by atoms with E-state index < -0.39 is 0 Å². The molecule has 0 radical (unpaired) electrons. The number of benzene rings is 2. The highest BCUT2D eigenvalue weighted by molar-refractivity contribution is 7.19. The van der Waals surface area contributed by atoms with E-state index in [2.05, 4.69) is 25.9 Å². The summed E-state index contributed by atoms with van der Waals surface area (Å²) in [6.45, 7) is 3.84. The van der Waals surface area contributed by atoms with Crippen molar-refractivity contribution < 1.29 is 4.79 Å². The van der Waals surface area contributed by atoms with E-state index in [1.807, 2.05) is 68.4 Å². The monoisotopic (exact) mass is 458 g/mol. The average Bonchev–Trinajstić information content (AvgIpc) is 3.19. The van der Waals surface area contributed by atoms with E-state index in [0.717, 1.165) is 58.2 Å². The Bertz CT molecular complexity index is 1330. The normalized spacial score (nSPS) is 12.9. The van der Waals surface area contributed by atoms with E-state index in [4.69, 9.17) is 0 Å². The third-order valence-corrected chi connectivity index (χ3v) is 6.95. The van der Waals surface area contributed by atoms with Gasteiger partial charge in [0, 0.05) is 36.8 Å². The molecule has 0 spiro atoms. The summed E-state index contributed by atoms with van der Waals surface area (Å²) in [6, 6.07) is 13.5. The van der Waals surface area contributed by atoms with Gasteiger partial charge in [-0.2, -0.15) is 0 Å². The highest BCUT2D eigenvalue weighted by Crippen LogP contribution is 2.37. The fourth-order valence-electron chi connectivity index (χ4n) is 4.09. The molecule has 1 amide bonds. The van der Waals surface area contributed by atoms with Gasteiger partial charge in [-0.15, -0.1) is 11.3 Å². The SMILES string of the molecule is Cc1ccc(C(=O)Nc2cc(Nc3ncnc4sc5c(c34)CCNC5)ccc2N(C)C)cc1. The number of fused-ring (bicyclic) bond motifs is 3. The first kappa shape index (κ1) is 21.4. The molecular formula is C25H26N6OS. The van der Waals surface area contributed by atoms with Crippen molar-refractivity contribution in [3.05, 3.63) is 70.4 Å². The summed E-state index contributed by atoms with van der Waals surface area (Å²) in [5.74, 6) is 0.659. The number of aromatic nitrogens is 2. The molecule has 7 nitrogen and oxygen atoms in total. The molecule has 0 saturated heterocycles. The first-order chi connectivity index (χ1) is 16.0. The van der Waals surface area contributed by atoms with Gasteiger partial charge in [0.2, 0.25) is 0 Å². The Kier molecular flexibility index (Phi) is 5.70. The smallest absolute Gasteiger partial charge is 0.255 e. The van der Waals surface area contributed by atoms with Crippen LogP contribution in [0.3, 0.4) is 0 Å². The Morgan fingerprint density at radius 3 is 2.73 bits per heavy atom. The average molecular weight is 459 g/mol. The quantitative estimate of drug-likeness (QED) is 0.402. The minimum atomic E-state index is -0.140. The van der Waals surface area contributed by atoms with Crippen LogP contribution in [0.5, 0.6) is 0 Å². The van der Waals surface area contributed by atoms with Gasteiger partial charge in [-0.1, -0.05) is 17.7 Å². The van der Waals surface area contributed by atoms with Crippen molar-refractivity contribution >= 4 is 50.3 Å². The minimum Gasteiger partial charge on any atom is -0.376 e. The van der Waals surface area contributed by atoms with E-state index in [1.165, 1.54) is 10.4 Å². The maximum Gasteiger partial charge on any atom is 0.255 e. The van der Waals surface area contributed by atoms with Crippen LogP contribution >= 0.6 is 11.3 Å². The van der Waals surface area contributed by atoms with Gasteiger partial charge in [-0.05, 0) is 55.8 Å². The number of hydrogen-bond acceptors (Lipinski definition) is 7. The predicted molar refractivity (Wildman–Crippen MR) is 136 cm³/mol. The summed E-state index contributed by atoms with van der Waals surface area (Å²) in [5, 5.41) is 11.1. The molecule has 0 bridgehead atoms. The zero-order valence-electron chi connectivity index (χ0n) is 18.9. The third-order valence-electron chi connectivity index (χ3n) is 5.81. The summed E-state index contributed by atoms with van der Waals surface area (Å²) < 4.78 is 0. The van der Waals surface area contributed by atoms with Gasteiger partial charge in [-0.25, -0.2) is 9.97 Å². The Hall–Kier alpha value is -3.49. The van der Waals surface area contributed by atoms with Crippen LogP contribution in [0.2, 0.25) is 0 Å². The van der Waals surface area contributed by atoms with E-state index in [9.17, 15) is 4.79 Å². The molecule has 3 N–H and O–H groups in total. The van der Waals surface area contributed by atoms with Gasteiger partial charge in [0.1, 0.15) is 17.0 Å². The zero-order valence-corrected chi connectivity index (χ0v) is 19.7. The minimum absolute atomic E-state index is 0.140. The van der Waals surface area contributed by atoms with Crippen LogP contribution < -0.4 is 20.9 Å². The predicted octanol–water partition coefficient (Wildman–Crippen LogP) is 4.71. The molecule has 2 aromatic carbocycles. The summed E-state index contributed by atoms with van der Waals surface area (Å²) >= 11 is 1.72. The van der Waals surface area contributed by atoms with Crippen molar-refractivity contribution in [1.82, 2.24) is 15.3 Å². The molecule has 33 heavy (non-hydrogen) atoms. The van der Waals surface area contributed by atoms with Gasteiger partial charge in [0.25, 0.3) is 5.91 Å². The summed E-state index contributed by atoms with van der Waals surface area (Å²) in [4.78, 5) is 26.3. The van der Waals surface area contributed by atoms with Crippen molar-refractivity contribution in [2.75, 3.05) is 36.2 Å². The lowest BCUT2D eigenvalue weighted by Gasteiger charge is -2.20. The van der Waals surface area contributed by atoms with E-state index in [-0.39, 0.29) is 5.91 Å². The Morgan fingerprint density at radius 2 is 1.94 bits per heavy atom. The molecule has 0 saturated carbocycles. The van der Waals surface area contributed by atoms with Crippen LogP contribution in [-0.4, -0.2) is 36.5 Å². The molecular weight excluding hydrogens is 432 g/mol. The topological polar surface area (TPSA) is 82.2 Å². The molecule has 0 aliphatic carbocycles. The van der Waals surface area contributed by atoms with Gasteiger partial charge >= 0.3 is 0 Å². The first-order valence-corrected chi connectivity index (χ1v) is 11.7. The second kappa shape index (κ2) is 8.80. The van der Waals surface area contributed by atoms with Gasteiger partial charge in [-0.3, -0.25) is 4.79 Å². The van der Waals surface area contributed by atoms with E-state index in [0.29, 0.717) is 5.56 Å². The van der Waals surface area contributed by atoms with Crippen LogP contribution in [0.25, 0.3) is 10.2 Å². The highest BCUT2D eigenvalue weighted by atomic mass is 32.1. The fraction of sp³-hybridized carbons (Fsp3) is 0.240. The van der Waals surface area contributed by atoms with Gasteiger partial charge < -0.3 is 20.9 Å². The lowest BCUT2D eigenvalue weighted by atomic mass is 10.1.